The van der Waals surface area contributed by atoms with E-state index < -0.39 is 12.5 Å². The molecule has 0 aliphatic carbocycles. The number of nitriles is 1. The van der Waals surface area contributed by atoms with Crippen LogP contribution < -0.4 is 10.1 Å². The number of hydrogen-bond acceptors (Lipinski definition) is 5. The third-order valence-electron chi connectivity index (χ3n) is 3.63. The molecule has 2 aromatic carbocycles. The van der Waals surface area contributed by atoms with Gasteiger partial charge in [0.05, 0.1) is 21.3 Å². The van der Waals surface area contributed by atoms with Crippen molar-refractivity contribution in [2.45, 2.75) is 12.9 Å². The van der Waals surface area contributed by atoms with Gasteiger partial charge in [-0.05, 0) is 29.3 Å². The van der Waals surface area contributed by atoms with Crippen LogP contribution in [-0.2, 0) is 6.54 Å². The van der Waals surface area contributed by atoms with E-state index in [1.165, 1.54) is 35.6 Å². The minimum Gasteiger partial charge on any atom is -0.465 e. The van der Waals surface area contributed by atoms with Gasteiger partial charge in [0.15, 0.2) is 0 Å². The van der Waals surface area contributed by atoms with E-state index >= 15 is 0 Å². The molecule has 3 aromatic rings. The zero-order chi connectivity index (χ0) is 19.6. The summed E-state index contributed by atoms with van der Waals surface area (Å²) in [5, 5.41) is 20.5. The molecule has 0 saturated heterocycles. The summed E-state index contributed by atoms with van der Waals surface area (Å²) in [4.78, 5) is 15.0. The summed E-state index contributed by atoms with van der Waals surface area (Å²) in [5.41, 5.74) is 3.95. The van der Waals surface area contributed by atoms with Gasteiger partial charge in [-0.1, -0.05) is 12.1 Å². The van der Waals surface area contributed by atoms with Gasteiger partial charge in [0.25, 0.3) is 0 Å². The number of nitrogens with zero attached hydrogens (tertiary/aromatic N) is 2. The van der Waals surface area contributed by atoms with E-state index in [0.29, 0.717) is 32.5 Å². The Labute approximate surface area is 154 Å². The van der Waals surface area contributed by atoms with Crippen LogP contribution in [0.3, 0.4) is 0 Å². The molecule has 0 unspecified atom stereocenters. The Morgan fingerprint density at radius 1 is 1.33 bits per heavy atom. The maximum absolute atomic E-state index is 12.3. The zero-order valence-electron chi connectivity index (χ0n) is 13.4. The summed E-state index contributed by atoms with van der Waals surface area (Å²) in [7, 11) is 0. The first-order chi connectivity index (χ1) is 12.8. The summed E-state index contributed by atoms with van der Waals surface area (Å²) in [6.45, 7) is -0.0890. The van der Waals surface area contributed by atoms with Gasteiger partial charge in [-0.15, -0.1) is 24.5 Å². The summed E-state index contributed by atoms with van der Waals surface area (Å²) in [6.07, 6.45) is -6.02. The first-order valence-corrected chi connectivity index (χ1v) is 8.28. The third-order valence-corrected chi connectivity index (χ3v) is 4.47. The predicted octanol–water partition coefficient (Wildman–Crippen LogP) is 4.50. The molecule has 2 N–H and O–H groups in total. The molecule has 3 rings (SSSR count). The Balaban J connectivity index is 2.07. The standard InChI is InChI=1S/C17H10F3N3O3S/c18-17(19,20)26-11-3-1-9(2-4-11)12-5-10(7-22-16(24)25)13(6-21)15-14(12)23-8-27-15/h1-5,8,22H,7H2,(H,24,25). The second-order valence-electron chi connectivity index (χ2n) is 5.33. The average Bonchev–Trinajstić information content (AvgIpc) is 3.07. The maximum atomic E-state index is 12.3. The van der Waals surface area contributed by atoms with Crippen LogP contribution in [0.25, 0.3) is 21.3 Å². The van der Waals surface area contributed by atoms with E-state index in [1.807, 2.05) is 0 Å². The van der Waals surface area contributed by atoms with Gasteiger partial charge >= 0.3 is 12.5 Å². The van der Waals surface area contributed by atoms with Crippen molar-refractivity contribution in [1.29, 1.82) is 5.26 Å². The molecule has 27 heavy (non-hydrogen) atoms. The number of fused-ring (bicyclic) bond motifs is 1. The molecule has 0 aliphatic heterocycles. The van der Waals surface area contributed by atoms with Crippen molar-refractivity contribution in [2.24, 2.45) is 0 Å². The molecule has 6 nitrogen and oxygen atoms in total. The number of hydrogen-bond donors (Lipinski definition) is 2. The van der Waals surface area contributed by atoms with E-state index in [1.54, 1.807) is 11.6 Å². The van der Waals surface area contributed by atoms with Crippen LogP contribution in [0.2, 0.25) is 0 Å². The first kappa shape index (κ1) is 18.5. The van der Waals surface area contributed by atoms with Crippen LogP contribution in [0.15, 0.2) is 35.8 Å². The number of amides is 1. The van der Waals surface area contributed by atoms with Gasteiger partial charge in [-0.2, -0.15) is 5.26 Å². The second-order valence-corrected chi connectivity index (χ2v) is 6.19. The number of halogens is 3. The van der Waals surface area contributed by atoms with E-state index in [2.05, 4.69) is 21.1 Å². The van der Waals surface area contributed by atoms with Crippen LogP contribution in [-0.4, -0.2) is 22.5 Å². The van der Waals surface area contributed by atoms with E-state index in [0.717, 1.165) is 0 Å². The highest BCUT2D eigenvalue weighted by molar-refractivity contribution is 7.17. The number of nitrogens with one attached hydrogen (secondary N) is 1. The smallest absolute Gasteiger partial charge is 0.465 e. The SMILES string of the molecule is N#Cc1c(CNC(=O)O)cc(-c2ccc(OC(F)(F)F)cc2)c2ncsc12. The molecule has 0 fully saturated rings. The Hall–Kier alpha value is -3.32. The number of carbonyl (C=O) groups is 1. The van der Waals surface area contributed by atoms with Gasteiger partial charge in [0.2, 0.25) is 0 Å². The lowest BCUT2D eigenvalue weighted by atomic mass is 9.98. The van der Waals surface area contributed by atoms with Crippen molar-refractivity contribution < 1.29 is 27.8 Å². The topological polar surface area (TPSA) is 95.2 Å². The van der Waals surface area contributed by atoms with Crippen LogP contribution in [0.5, 0.6) is 5.75 Å². The van der Waals surface area contributed by atoms with Crippen LogP contribution in [0, 0.1) is 11.3 Å². The number of aromatic nitrogens is 1. The summed E-state index contributed by atoms with van der Waals surface area (Å²) in [6, 6.07) is 8.89. The number of carboxylic acid groups (broad SMARTS) is 1. The Morgan fingerprint density at radius 3 is 2.63 bits per heavy atom. The highest BCUT2D eigenvalue weighted by atomic mass is 32.1. The lowest BCUT2D eigenvalue weighted by Gasteiger charge is -2.12. The van der Waals surface area contributed by atoms with Gasteiger partial charge in [-0.25, -0.2) is 9.78 Å². The third kappa shape index (κ3) is 4.09. The van der Waals surface area contributed by atoms with Crippen molar-refractivity contribution in [2.75, 3.05) is 0 Å². The largest absolute Gasteiger partial charge is 0.573 e. The lowest BCUT2D eigenvalue weighted by Crippen LogP contribution is -2.20. The van der Waals surface area contributed by atoms with Crippen molar-refractivity contribution in [3.8, 4) is 22.9 Å². The molecular formula is C17H10F3N3O3S. The Kier molecular flexibility index (Phi) is 4.87. The normalized spacial score (nSPS) is 11.2. The zero-order valence-corrected chi connectivity index (χ0v) is 14.2. The van der Waals surface area contributed by atoms with Crippen LogP contribution >= 0.6 is 11.3 Å². The Morgan fingerprint density at radius 2 is 2.04 bits per heavy atom. The highest BCUT2D eigenvalue weighted by Crippen LogP contribution is 2.35. The van der Waals surface area contributed by atoms with Gasteiger partial charge in [-0.3, -0.25) is 0 Å². The highest BCUT2D eigenvalue weighted by Gasteiger charge is 2.31. The fourth-order valence-electron chi connectivity index (χ4n) is 2.57. The predicted molar refractivity (Wildman–Crippen MR) is 91.3 cm³/mol. The van der Waals surface area contributed by atoms with Crippen molar-refractivity contribution in [3.05, 3.63) is 47.0 Å². The molecule has 1 aromatic heterocycles. The van der Waals surface area contributed by atoms with E-state index in [9.17, 15) is 23.2 Å². The van der Waals surface area contributed by atoms with Crippen LogP contribution in [0.4, 0.5) is 18.0 Å². The van der Waals surface area contributed by atoms with Crippen molar-refractivity contribution in [1.82, 2.24) is 10.3 Å². The molecular weight excluding hydrogens is 383 g/mol. The minimum absolute atomic E-state index is 0.0890. The molecule has 1 heterocycles. The van der Waals surface area contributed by atoms with E-state index in [-0.39, 0.29) is 12.3 Å². The summed E-state index contributed by atoms with van der Waals surface area (Å²) < 4.78 is 41.3. The maximum Gasteiger partial charge on any atom is 0.573 e. The molecule has 138 valence electrons. The number of benzene rings is 2. The van der Waals surface area contributed by atoms with E-state index in [4.69, 9.17) is 5.11 Å². The van der Waals surface area contributed by atoms with Crippen LogP contribution in [0.1, 0.15) is 11.1 Å². The Bertz CT molecular complexity index is 1040. The van der Waals surface area contributed by atoms with Gasteiger partial charge in [0, 0.05) is 12.1 Å². The van der Waals surface area contributed by atoms with Gasteiger partial charge in [0.1, 0.15) is 11.8 Å². The monoisotopic (exact) mass is 393 g/mol. The number of rotatable bonds is 4. The molecule has 0 bridgehead atoms. The first-order valence-electron chi connectivity index (χ1n) is 7.40. The van der Waals surface area contributed by atoms with Gasteiger partial charge < -0.3 is 15.2 Å². The average molecular weight is 393 g/mol. The number of thiazole rings is 1. The molecule has 0 saturated carbocycles. The summed E-state index contributed by atoms with van der Waals surface area (Å²) >= 11 is 1.22. The molecule has 0 atom stereocenters. The number of alkyl halides is 3. The quantitative estimate of drug-likeness (QED) is 0.680. The second kappa shape index (κ2) is 7.13. The van der Waals surface area contributed by atoms with Crippen molar-refractivity contribution in [3.63, 3.8) is 0 Å². The minimum atomic E-state index is -4.78. The summed E-state index contributed by atoms with van der Waals surface area (Å²) in [5.74, 6) is -0.359. The molecule has 0 radical (unpaired) electrons. The fourth-order valence-corrected chi connectivity index (χ4v) is 3.40. The molecule has 1 amide bonds. The fraction of sp³-hybridized carbons (Fsp3) is 0.118. The molecule has 0 aliphatic rings. The lowest BCUT2D eigenvalue weighted by molar-refractivity contribution is -0.274. The number of ether oxygens (including phenoxy) is 1. The van der Waals surface area contributed by atoms with Crippen molar-refractivity contribution >= 4 is 27.6 Å². The molecule has 0 spiro atoms. The molecule has 10 heteroatoms.